The highest BCUT2D eigenvalue weighted by Gasteiger charge is 2.14. The standard InChI is InChI=1S/C12H13FN2O2/c13-11-8-10(15(16)17)6-7-12(11)14-9-4-2-1-3-5-9/h1-2,6-9,14H,3-5H2. The van der Waals surface area contributed by atoms with E-state index < -0.39 is 10.7 Å². The Kier molecular flexibility index (Phi) is 3.37. The molecule has 0 spiro atoms. The molecular formula is C12H13FN2O2. The molecule has 1 aromatic carbocycles. The minimum absolute atomic E-state index is 0.205. The minimum Gasteiger partial charge on any atom is -0.380 e. The van der Waals surface area contributed by atoms with Crippen LogP contribution in [0.15, 0.2) is 30.4 Å². The molecule has 1 aliphatic carbocycles. The quantitative estimate of drug-likeness (QED) is 0.498. The summed E-state index contributed by atoms with van der Waals surface area (Å²) in [5, 5.41) is 13.5. The van der Waals surface area contributed by atoms with Crippen molar-refractivity contribution < 1.29 is 9.31 Å². The predicted molar refractivity (Wildman–Crippen MR) is 63.5 cm³/mol. The first kappa shape index (κ1) is 11.6. The number of anilines is 1. The van der Waals surface area contributed by atoms with E-state index in [1.165, 1.54) is 12.1 Å². The summed E-state index contributed by atoms with van der Waals surface area (Å²) < 4.78 is 13.6. The van der Waals surface area contributed by atoms with Crippen molar-refractivity contribution in [2.45, 2.75) is 25.3 Å². The summed E-state index contributed by atoms with van der Waals surface area (Å²) in [6, 6.07) is 3.88. The van der Waals surface area contributed by atoms with Gasteiger partial charge in [-0.3, -0.25) is 10.1 Å². The fourth-order valence-electron chi connectivity index (χ4n) is 1.88. The van der Waals surface area contributed by atoms with Gasteiger partial charge in [0.2, 0.25) is 0 Å². The van der Waals surface area contributed by atoms with E-state index in [0.29, 0.717) is 5.69 Å². The molecule has 0 heterocycles. The average Bonchev–Trinajstić information content (AvgIpc) is 2.33. The third kappa shape index (κ3) is 2.81. The van der Waals surface area contributed by atoms with Gasteiger partial charge in [0.05, 0.1) is 16.7 Å². The molecule has 1 unspecified atom stereocenters. The maximum atomic E-state index is 13.6. The first-order valence-electron chi connectivity index (χ1n) is 5.52. The fraction of sp³-hybridized carbons (Fsp3) is 0.333. The fourth-order valence-corrected chi connectivity index (χ4v) is 1.88. The van der Waals surface area contributed by atoms with Crippen LogP contribution in [0, 0.1) is 15.9 Å². The molecule has 1 aromatic rings. The van der Waals surface area contributed by atoms with E-state index in [1.807, 2.05) is 0 Å². The van der Waals surface area contributed by atoms with Crippen molar-refractivity contribution in [1.82, 2.24) is 0 Å². The summed E-state index contributed by atoms with van der Waals surface area (Å²) in [4.78, 5) is 9.86. The van der Waals surface area contributed by atoms with Crippen LogP contribution in [-0.4, -0.2) is 11.0 Å². The number of nitrogens with one attached hydrogen (secondary N) is 1. The van der Waals surface area contributed by atoms with Gasteiger partial charge >= 0.3 is 0 Å². The molecule has 1 atom stereocenters. The van der Waals surface area contributed by atoms with Crippen LogP contribution in [0.4, 0.5) is 15.8 Å². The Bertz CT molecular complexity index is 460. The Labute approximate surface area is 98.3 Å². The Morgan fingerprint density at radius 1 is 1.41 bits per heavy atom. The molecule has 4 nitrogen and oxygen atoms in total. The highest BCUT2D eigenvalue weighted by atomic mass is 19.1. The van der Waals surface area contributed by atoms with Crippen LogP contribution in [0.3, 0.4) is 0 Å². The van der Waals surface area contributed by atoms with Crippen molar-refractivity contribution in [3.63, 3.8) is 0 Å². The molecule has 0 amide bonds. The van der Waals surface area contributed by atoms with E-state index in [-0.39, 0.29) is 11.7 Å². The molecule has 1 aliphatic rings. The summed E-state index contributed by atoms with van der Waals surface area (Å²) in [7, 11) is 0. The SMILES string of the molecule is O=[N+]([O-])c1ccc(NC2CC=CCC2)c(F)c1. The van der Waals surface area contributed by atoms with Crippen LogP contribution >= 0.6 is 0 Å². The van der Waals surface area contributed by atoms with E-state index in [9.17, 15) is 14.5 Å². The molecule has 17 heavy (non-hydrogen) atoms. The molecule has 0 saturated carbocycles. The van der Waals surface area contributed by atoms with Gasteiger partial charge in [0.15, 0.2) is 5.82 Å². The smallest absolute Gasteiger partial charge is 0.272 e. The third-order valence-electron chi connectivity index (χ3n) is 2.79. The number of nitro groups is 1. The summed E-state index contributed by atoms with van der Waals surface area (Å²) in [6.07, 6.45) is 6.95. The van der Waals surface area contributed by atoms with Crippen LogP contribution < -0.4 is 5.32 Å². The summed E-state index contributed by atoms with van der Waals surface area (Å²) >= 11 is 0. The Balaban J connectivity index is 2.11. The van der Waals surface area contributed by atoms with E-state index >= 15 is 0 Å². The lowest BCUT2D eigenvalue weighted by Gasteiger charge is -2.20. The van der Waals surface area contributed by atoms with Crippen molar-refractivity contribution in [2.75, 3.05) is 5.32 Å². The molecule has 2 rings (SSSR count). The number of non-ortho nitro benzene ring substituents is 1. The summed E-state index contributed by atoms with van der Waals surface area (Å²) in [5.41, 5.74) is 0.104. The molecular weight excluding hydrogens is 223 g/mol. The number of hydrogen-bond donors (Lipinski definition) is 1. The second kappa shape index (κ2) is 4.95. The highest BCUT2D eigenvalue weighted by Crippen LogP contribution is 2.23. The van der Waals surface area contributed by atoms with Gasteiger partial charge in [-0.2, -0.15) is 0 Å². The molecule has 1 N–H and O–H groups in total. The van der Waals surface area contributed by atoms with E-state index in [4.69, 9.17) is 0 Å². The van der Waals surface area contributed by atoms with Gasteiger partial charge < -0.3 is 5.32 Å². The first-order valence-corrected chi connectivity index (χ1v) is 5.52. The normalized spacial score (nSPS) is 19.0. The van der Waals surface area contributed by atoms with Gasteiger partial charge in [-0.15, -0.1) is 0 Å². The molecule has 0 aliphatic heterocycles. The number of nitrogens with zero attached hydrogens (tertiary/aromatic N) is 1. The zero-order valence-electron chi connectivity index (χ0n) is 9.23. The second-order valence-corrected chi connectivity index (χ2v) is 4.05. The van der Waals surface area contributed by atoms with Gasteiger partial charge in [-0.25, -0.2) is 4.39 Å². The van der Waals surface area contributed by atoms with Crippen molar-refractivity contribution >= 4 is 11.4 Å². The maximum absolute atomic E-state index is 13.6. The Hall–Kier alpha value is -1.91. The molecule has 0 fully saturated rings. The largest absolute Gasteiger partial charge is 0.380 e. The van der Waals surface area contributed by atoms with Gasteiger partial charge in [-0.05, 0) is 25.3 Å². The van der Waals surface area contributed by atoms with Crippen LogP contribution in [0.2, 0.25) is 0 Å². The van der Waals surface area contributed by atoms with Crippen molar-refractivity contribution in [1.29, 1.82) is 0 Å². The lowest BCUT2D eigenvalue weighted by molar-refractivity contribution is -0.385. The second-order valence-electron chi connectivity index (χ2n) is 4.05. The number of hydrogen-bond acceptors (Lipinski definition) is 3. The lowest BCUT2D eigenvalue weighted by atomic mass is 10.0. The topological polar surface area (TPSA) is 55.2 Å². The van der Waals surface area contributed by atoms with Crippen LogP contribution in [0.5, 0.6) is 0 Å². The van der Waals surface area contributed by atoms with Gasteiger partial charge in [0.25, 0.3) is 5.69 Å². The van der Waals surface area contributed by atoms with E-state index in [0.717, 1.165) is 25.3 Å². The molecule has 0 radical (unpaired) electrons. The Morgan fingerprint density at radius 2 is 2.24 bits per heavy atom. The van der Waals surface area contributed by atoms with Crippen LogP contribution in [-0.2, 0) is 0 Å². The number of rotatable bonds is 3. The van der Waals surface area contributed by atoms with E-state index in [1.54, 1.807) is 0 Å². The number of halogens is 1. The average molecular weight is 236 g/mol. The third-order valence-corrected chi connectivity index (χ3v) is 2.79. The monoisotopic (exact) mass is 236 g/mol. The van der Waals surface area contributed by atoms with E-state index in [2.05, 4.69) is 17.5 Å². The molecule has 0 aromatic heterocycles. The van der Waals surface area contributed by atoms with Crippen molar-refractivity contribution in [3.8, 4) is 0 Å². The number of allylic oxidation sites excluding steroid dienone is 1. The summed E-state index contributed by atoms with van der Waals surface area (Å²) in [6.45, 7) is 0. The minimum atomic E-state index is -0.601. The molecule has 5 heteroatoms. The zero-order valence-corrected chi connectivity index (χ0v) is 9.23. The molecule has 0 saturated heterocycles. The first-order chi connectivity index (χ1) is 8.16. The molecule has 0 bridgehead atoms. The Morgan fingerprint density at radius 3 is 2.82 bits per heavy atom. The van der Waals surface area contributed by atoms with Crippen molar-refractivity contribution in [3.05, 3.63) is 46.3 Å². The maximum Gasteiger partial charge on any atom is 0.272 e. The number of nitro benzene ring substituents is 1. The lowest BCUT2D eigenvalue weighted by Crippen LogP contribution is -2.20. The van der Waals surface area contributed by atoms with Gasteiger partial charge in [0, 0.05) is 12.1 Å². The van der Waals surface area contributed by atoms with Crippen LogP contribution in [0.1, 0.15) is 19.3 Å². The van der Waals surface area contributed by atoms with Crippen LogP contribution in [0.25, 0.3) is 0 Å². The van der Waals surface area contributed by atoms with Gasteiger partial charge in [0.1, 0.15) is 0 Å². The number of benzene rings is 1. The highest BCUT2D eigenvalue weighted by molar-refractivity contribution is 5.50. The predicted octanol–water partition coefficient (Wildman–Crippen LogP) is 3.25. The van der Waals surface area contributed by atoms with Crippen molar-refractivity contribution in [2.24, 2.45) is 0 Å². The zero-order chi connectivity index (χ0) is 12.3. The molecule has 90 valence electrons. The summed E-state index contributed by atoms with van der Waals surface area (Å²) in [5.74, 6) is -0.575. The van der Waals surface area contributed by atoms with Gasteiger partial charge in [-0.1, -0.05) is 12.2 Å².